The summed E-state index contributed by atoms with van der Waals surface area (Å²) in [6.07, 6.45) is 0.785. The quantitative estimate of drug-likeness (QED) is 0.898. The summed E-state index contributed by atoms with van der Waals surface area (Å²) < 4.78 is 0. The van der Waals surface area contributed by atoms with Gasteiger partial charge in [-0.1, -0.05) is 54.6 Å². The summed E-state index contributed by atoms with van der Waals surface area (Å²) in [4.78, 5) is 26.7. The predicted octanol–water partition coefficient (Wildman–Crippen LogP) is 3.40. The van der Waals surface area contributed by atoms with E-state index in [2.05, 4.69) is 0 Å². The Balaban J connectivity index is 1.77. The van der Waals surface area contributed by atoms with Crippen molar-refractivity contribution in [3.8, 4) is 0 Å². The van der Waals surface area contributed by atoms with Gasteiger partial charge in [-0.15, -0.1) is 0 Å². The molecule has 0 saturated heterocycles. The van der Waals surface area contributed by atoms with Crippen LogP contribution in [-0.2, 0) is 11.2 Å². The zero-order chi connectivity index (χ0) is 18.7. The van der Waals surface area contributed by atoms with Gasteiger partial charge in [0.25, 0.3) is 0 Å². The number of aliphatic hydroxyl groups excluding tert-OH is 1. The van der Waals surface area contributed by atoms with Crippen LogP contribution in [0.5, 0.6) is 0 Å². The lowest BCUT2D eigenvalue weighted by Gasteiger charge is -2.35. The van der Waals surface area contributed by atoms with Crippen LogP contribution < -0.4 is 0 Å². The summed E-state index contributed by atoms with van der Waals surface area (Å²) >= 11 is 0. The molecule has 0 aromatic heterocycles. The minimum absolute atomic E-state index is 0.0968. The van der Waals surface area contributed by atoms with Crippen molar-refractivity contribution in [1.29, 1.82) is 0 Å². The van der Waals surface area contributed by atoms with Crippen molar-refractivity contribution in [2.75, 3.05) is 6.54 Å². The van der Waals surface area contributed by atoms with Crippen LogP contribution in [0.4, 0.5) is 0 Å². The van der Waals surface area contributed by atoms with Crippen LogP contribution in [-0.4, -0.2) is 34.3 Å². The van der Waals surface area contributed by atoms with E-state index in [1.165, 1.54) is 6.92 Å². The second-order valence-electron chi connectivity index (χ2n) is 7.02. The molecule has 0 spiro atoms. The van der Waals surface area contributed by atoms with E-state index in [9.17, 15) is 14.7 Å². The molecule has 0 radical (unpaired) electrons. The first-order chi connectivity index (χ1) is 12.5. The van der Waals surface area contributed by atoms with Crippen LogP contribution >= 0.6 is 0 Å². The molecule has 3 unspecified atom stereocenters. The van der Waals surface area contributed by atoms with Gasteiger partial charge >= 0.3 is 0 Å². The zero-order valence-electron chi connectivity index (χ0n) is 15.3. The fourth-order valence-electron chi connectivity index (χ4n) is 3.75. The first kappa shape index (κ1) is 18.3. The lowest BCUT2D eigenvalue weighted by Crippen LogP contribution is -2.45. The molecule has 3 rings (SSSR count). The number of Topliss-reactive ketones (excluding diaryl/α,β-unsaturated/α-hetero) is 1. The number of aliphatic hydroxyl groups is 1. The van der Waals surface area contributed by atoms with Gasteiger partial charge < -0.3 is 10.0 Å². The molecular formula is C22H25NO3. The maximum atomic E-state index is 12.8. The van der Waals surface area contributed by atoms with Gasteiger partial charge in [0.15, 0.2) is 5.78 Å². The summed E-state index contributed by atoms with van der Waals surface area (Å²) in [5, 5.41) is 10.7. The van der Waals surface area contributed by atoms with Crippen molar-refractivity contribution in [3.05, 3.63) is 71.3 Å². The lowest BCUT2D eigenvalue weighted by molar-refractivity contribution is -0.134. The molecule has 1 aliphatic rings. The summed E-state index contributed by atoms with van der Waals surface area (Å²) in [7, 11) is 0. The molecule has 136 valence electrons. The van der Waals surface area contributed by atoms with E-state index < -0.39 is 12.1 Å². The maximum absolute atomic E-state index is 12.8. The molecule has 1 N–H and O–H groups in total. The Morgan fingerprint density at radius 3 is 2.50 bits per heavy atom. The van der Waals surface area contributed by atoms with Crippen molar-refractivity contribution in [2.45, 2.75) is 38.8 Å². The molecule has 4 nitrogen and oxygen atoms in total. The Morgan fingerprint density at radius 2 is 1.81 bits per heavy atom. The lowest BCUT2D eigenvalue weighted by atomic mass is 9.82. The van der Waals surface area contributed by atoms with Crippen LogP contribution in [0.15, 0.2) is 54.6 Å². The number of fused-ring (bicyclic) bond motifs is 1. The third kappa shape index (κ3) is 3.70. The van der Waals surface area contributed by atoms with E-state index in [0.717, 1.165) is 29.5 Å². The van der Waals surface area contributed by atoms with Crippen LogP contribution in [0.1, 0.15) is 47.9 Å². The van der Waals surface area contributed by atoms with Crippen molar-refractivity contribution in [1.82, 2.24) is 4.90 Å². The number of ketones is 1. The Labute approximate surface area is 154 Å². The average molecular weight is 351 g/mol. The molecule has 2 aromatic rings. The normalized spacial score (nSPS) is 18.7. The molecule has 3 atom stereocenters. The van der Waals surface area contributed by atoms with Gasteiger partial charge in [-0.05, 0) is 30.9 Å². The number of carbonyl (C=O) groups is 2. The molecule has 4 heteroatoms. The number of rotatable bonds is 5. The van der Waals surface area contributed by atoms with Gasteiger partial charge in [0.05, 0.1) is 12.1 Å². The van der Waals surface area contributed by atoms with Crippen molar-refractivity contribution in [3.63, 3.8) is 0 Å². The SMILES string of the molecule is CC(=O)N(CC1CCc2ccccc2C1=O)C(C)C(O)c1ccccc1. The molecule has 1 amide bonds. The number of hydrogen-bond acceptors (Lipinski definition) is 3. The standard InChI is InChI=1S/C22H25NO3/c1-15(21(25)18-9-4-3-5-10-18)23(16(2)24)14-19-13-12-17-8-6-7-11-20(17)22(19)26/h3-11,15,19,21,25H,12-14H2,1-2H3. The highest BCUT2D eigenvalue weighted by Crippen LogP contribution is 2.28. The second kappa shape index (κ2) is 7.83. The van der Waals surface area contributed by atoms with E-state index >= 15 is 0 Å². The van der Waals surface area contributed by atoms with E-state index in [1.807, 2.05) is 61.5 Å². The molecule has 0 fully saturated rings. The maximum Gasteiger partial charge on any atom is 0.219 e. The molecular weight excluding hydrogens is 326 g/mol. The molecule has 0 aliphatic heterocycles. The molecule has 0 heterocycles. The van der Waals surface area contributed by atoms with E-state index in [1.54, 1.807) is 4.90 Å². The highest BCUT2D eigenvalue weighted by atomic mass is 16.3. The van der Waals surface area contributed by atoms with Gasteiger partial charge in [0.2, 0.25) is 5.91 Å². The van der Waals surface area contributed by atoms with Crippen LogP contribution in [0.2, 0.25) is 0 Å². The Bertz CT molecular complexity index is 787. The fraction of sp³-hybridized carbons (Fsp3) is 0.364. The van der Waals surface area contributed by atoms with Gasteiger partial charge in [-0.3, -0.25) is 9.59 Å². The number of benzene rings is 2. The first-order valence-corrected chi connectivity index (χ1v) is 9.11. The topological polar surface area (TPSA) is 57.6 Å². The highest BCUT2D eigenvalue weighted by Gasteiger charge is 2.32. The number of amides is 1. The van der Waals surface area contributed by atoms with Crippen LogP contribution in [0, 0.1) is 5.92 Å². The van der Waals surface area contributed by atoms with E-state index in [0.29, 0.717) is 6.54 Å². The molecule has 1 aliphatic carbocycles. The Hall–Kier alpha value is -2.46. The summed E-state index contributed by atoms with van der Waals surface area (Å²) in [5.41, 5.74) is 2.62. The molecule has 26 heavy (non-hydrogen) atoms. The second-order valence-corrected chi connectivity index (χ2v) is 7.02. The van der Waals surface area contributed by atoms with Crippen LogP contribution in [0.3, 0.4) is 0 Å². The Kier molecular flexibility index (Phi) is 5.52. The highest BCUT2D eigenvalue weighted by molar-refractivity contribution is 6.00. The summed E-state index contributed by atoms with van der Waals surface area (Å²) in [5.74, 6) is -0.252. The van der Waals surface area contributed by atoms with Crippen LogP contribution in [0.25, 0.3) is 0 Å². The number of nitrogens with zero attached hydrogens (tertiary/aromatic N) is 1. The van der Waals surface area contributed by atoms with E-state index in [4.69, 9.17) is 0 Å². The third-order valence-corrected chi connectivity index (χ3v) is 5.33. The molecule has 0 saturated carbocycles. The van der Waals surface area contributed by atoms with Crippen molar-refractivity contribution >= 4 is 11.7 Å². The van der Waals surface area contributed by atoms with Gasteiger partial charge in [-0.2, -0.15) is 0 Å². The summed E-state index contributed by atoms with van der Waals surface area (Å²) in [6.45, 7) is 3.67. The Morgan fingerprint density at radius 1 is 1.15 bits per heavy atom. The van der Waals surface area contributed by atoms with Crippen molar-refractivity contribution in [2.24, 2.45) is 5.92 Å². The fourth-order valence-corrected chi connectivity index (χ4v) is 3.75. The predicted molar refractivity (Wildman–Crippen MR) is 101 cm³/mol. The number of hydrogen-bond donors (Lipinski definition) is 1. The molecule has 0 bridgehead atoms. The van der Waals surface area contributed by atoms with E-state index in [-0.39, 0.29) is 17.6 Å². The minimum atomic E-state index is -0.786. The number of carbonyl (C=O) groups excluding carboxylic acids is 2. The van der Waals surface area contributed by atoms with Gasteiger partial charge in [0.1, 0.15) is 0 Å². The third-order valence-electron chi connectivity index (χ3n) is 5.33. The van der Waals surface area contributed by atoms with Gasteiger partial charge in [0, 0.05) is 24.9 Å². The smallest absolute Gasteiger partial charge is 0.219 e. The molecule has 2 aromatic carbocycles. The minimum Gasteiger partial charge on any atom is -0.386 e. The zero-order valence-corrected chi connectivity index (χ0v) is 15.3. The largest absolute Gasteiger partial charge is 0.386 e. The monoisotopic (exact) mass is 351 g/mol. The van der Waals surface area contributed by atoms with Crippen molar-refractivity contribution < 1.29 is 14.7 Å². The van der Waals surface area contributed by atoms with Gasteiger partial charge in [-0.25, -0.2) is 0 Å². The number of aryl methyl sites for hydroxylation is 1. The summed E-state index contributed by atoms with van der Waals surface area (Å²) in [6, 6.07) is 16.6. The first-order valence-electron chi connectivity index (χ1n) is 9.11. The average Bonchev–Trinajstić information content (AvgIpc) is 2.67.